The molecule has 0 aliphatic carbocycles. The third-order valence-electron chi connectivity index (χ3n) is 1.35. The van der Waals surface area contributed by atoms with Crippen molar-refractivity contribution in [3.8, 4) is 0 Å². The van der Waals surface area contributed by atoms with Crippen LogP contribution in [0.3, 0.4) is 0 Å². The largest absolute Gasteiger partial charge is 0.345 e. The van der Waals surface area contributed by atoms with Crippen molar-refractivity contribution in [1.82, 2.24) is 5.32 Å². The number of alkyl halides is 1. The Bertz CT molecular complexity index is 323. The zero-order valence-corrected chi connectivity index (χ0v) is 9.66. The topological polar surface area (TPSA) is 29.1 Å². The van der Waals surface area contributed by atoms with Crippen LogP contribution in [0.25, 0.3) is 0 Å². The van der Waals surface area contributed by atoms with Crippen LogP contribution in [-0.2, 0) is 4.79 Å². The van der Waals surface area contributed by atoms with Gasteiger partial charge in [-0.15, -0.1) is 0 Å². The molecule has 0 aromatic carbocycles. The predicted molar refractivity (Wildman–Crippen MR) is 55.2 cm³/mol. The maximum Gasteiger partial charge on any atom is 0.268 e. The van der Waals surface area contributed by atoms with Gasteiger partial charge in [-0.05, 0) is 17.7 Å². The molecule has 72 valence electrons. The van der Waals surface area contributed by atoms with E-state index in [0.717, 1.165) is 0 Å². The minimum atomic E-state index is -1.71. The third-order valence-corrected chi connectivity index (χ3v) is 3.38. The molecular formula is C6H2Cl5NO. The number of carbonyl (C=O) groups is 1. The highest BCUT2D eigenvalue weighted by molar-refractivity contribution is 6.73. The molecule has 0 aromatic rings. The lowest BCUT2D eigenvalue weighted by molar-refractivity contribution is -0.113. The van der Waals surface area contributed by atoms with E-state index < -0.39 is 10.2 Å². The summed E-state index contributed by atoms with van der Waals surface area (Å²) in [7, 11) is 0. The number of nitrogens with one attached hydrogen (secondary N) is 1. The highest BCUT2D eigenvalue weighted by Crippen LogP contribution is 2.36. The molecule has 1 rings (SSSR count). The summed E-state index contributed by atoms with van der Waals surface area (Å²) in [5, 5.41) is 1.68. The lowest BCUT2D eigenvalue weighted by Crippen LogP contribution is -2.45. The standard InChI is InChI=1S/C6H2Cl5NO/c7-2-1-3(8)6(11,5(10)13)12-4(2)9/h1,12H. The van der Waals surface area contributed by atoms with Crippen LogP contribution in [-0.4, -0.2) is 10.2 Å². The van der Waals surface area contributed by atoms with Crippen LogP contribution in [0.5, 0.6) is 0 Å². The molecule has 1 N–H and O–H groups in total. The van der Waals surface area contributed by atoms with Gasteiger partial charge in [-0.25, -0.2) is 0 Å². The van der Waals surface area contributed by atoms with Crippen LogP contribution in [0.2, 0.25) is 0 Å². The van der Waals surface area contributed by atoms with Crippen LogP contribution in [0, 0.1) is 0 Å². The first-order valence-electron chi connectivity index (χ1n) is 2.98. The van der Waals surface area contributed by atoms with Gasteiger partial charge in [0, 0.05) is 0 Å². The summed E-state index contributed by atoms with van der Waals surface area (Å²) in [5.41, 5.74) is 0. The predicted octanol–water partition coefficient (Wildman–Crippen LogP) is 3.06. The second-order valence-electron chi connectivity index (χ2n) is 2.21. The number of carbonyl (C=O) groups excluding carboxylic acids is 1. The number of hydrogen-bond donors (Lipinski definition) is 1. The number of hydrogen-bond acceptors (Lipinski definition) is 2. The summed E-state index contributed by atoms with van der Waals surface area (Å²) in [5.74, 6) is 0. The third kappa shape index (κ3) is 2.08. The second kappa shape index (κ2) is 3.87. The van der Waals surface area contributed by atoms with Crippen LogP contribution < -0.4 is 5.32 Å². The van der Waals surface area contributed by atoms with E-state index >= 15 is 0 Å². The van der Waals surface area contributed by atoms with Gasteiger partial charge in [-0.3, -0.25) is 4.79 Å². The molecule has 1 unspecified atom stereocenters. The van der Waals surface area contributed by atoms with Crippen molar-refractivity contribution in [3.05, 3.63) is 21.3 Å². The molecule has 2 nitrogen and oxygen atoms in total. The smallest absolute Gasteiger partial charge is 0.268 e. The summed E-state index contributed by atoms with van der Waals surface area (Å²) < 4.78 is 0. The Kier molecular flexibility index (Phi) is 3.42. The summed E-state index contributed by atoms with van der Waals surface area (Å²) in [6.07, 6.45) is 1.26. The monoisotopic (exact) mass is 279 g/mol. The molecule has 1 heterocycles. The molecule has 0 radical (unpaired) electrons. The van der Waals surface area contributed by atoms with Crippen molar-refractivity contribution in [2.24, 2.45) is 0 Å². The van der Waals surface area contributed by atoms with Gasteiger partial charge in [0.15, 0.2) is 0 Å². The Morgan fingerprint density at radius 2 is 1.92 bits per heavy atom. The molecule has 0 spiro atoms. The van der Waals surface area contributed by atoms with Gasteiger partial charge in [0.25, 0.3) is 5.24 Å². The highest BCUT2D eigenvalue weighted by Gasteiger charge is 2.41. The fourth-order valence-corrected chi connectivity index (χ4v) is 1.73. The number of rotatable bonds is 1. The first-order valence-corrected chi connectivity index (χ1v) is 4.87. The second-order valence-corrected chi connectivity index (χ2v) is 4.31. The van der Waals surface area contributed by atoms with Gasteiger partial charge in [-0.1, -0.05) is 46.4 Å². The van der Waals surface area contributed by atoms with Crippen molar-refractivity contribution < 1.29 is 4.79 Å². The quantitative estimate of drug-likeness (QED) is 0.455. The highest BCUT2D eigenvalue weighted by atomic mass is 35.5. The van der Waals surface area contributed by atoms with Gasteiger partial charge in [-0.2, -0.15) is 0 Å². The molecule has 0 bridgehead atoms. The van der Waals surface area contributed by atoms with Crippen molar-refractivity contribution >= 4 is 63.2 Å². The number of allylic oxidation sites excluding steroid dienone is 2. The van der Waals surface area contributed by atoms with E-state index in [1.165, 1.54) is 6.08 Å². The van der Waals surface area contributed by atoms with Gasteiger partial charge in [0.05, 0.1) is 10.1 Å². The molecular weight excluding hydrogens is 279 g/mol. The lowest BCUT2D eigenvalue weighted by atomic mass is 10.2. The van der Waals surface area contributed by atoms with E-state index in [1.54, 1.807) is 0 Å². The van der Waals surface area contributed by atoms with Crippen LogP contribution >= 0.6 is 58.0 Å². The SMILES string of the molecule is O=C(Cl)C1(Cl)NC(Cl)=C(Cl)C=C1Cl. The molecule has 0 saturated heterocycles. The molecule has 1 atom stereocenters. The maximum absolute atomic E-state index is 10.9. The fraction of sp³-hybridized carbons (Fsp3) is 0.167. The van der Waals surface area contributed by atoms with E-state index in [9.17, 15) is 4.79 Å². The number of halogens is 5. The lowest BCUT2D eigenvalue weighted by Gasteiger charge is -2.27. The van der Waals surface area contributed by atoms with Gasteiger partial charge in [0.2, 0.25) is 5.00 Å². The molecule has 13 heavy (non-hydrogen) atoms. The fourth-order valence-electron chi connectivity index (χ4n) is 0.688. The Morgan fingerprint density at radius 3 is 2.38 bits per heavy atom. The van der Waals surface area contributed by atoms with E-state index in [-0.39, 0.29) is 15.2 Å². The van der Waals surface area contributed by atoms with Crippen LogP contribution in [0.4, 0.5) is 0 Å². The minimum Gasteiger partial charge on any atom is -0.345 e. The Morgan fingerprint density at radius 1 is 1.38 bits per heavy atom. The van der Waals surface area contributed by atoms with E-state index in [0.29, 0.717) is 0 Å². The average molecular weight is 281 g/mol. The van der Waals surface area contributed by atoms with E-state index in [4.69, 9.17) is 58.0 Å². The van der Waals surface area contributed by atoms with E-state index in [1.807, 2.05) is 0 Å². The van der Waals surface area contributed by atoms with Gasteiger partial charge >= 0.3 is 0 Å². The van der Waals surface area contributed by atoms with E-state index in [2.05, 4.69) is 5.32 Å². The maximum atomic E-state index is 10.9. The molecule has 7 heteroatoms. The molecule has 1 aliphatic heterocycles. The van der Waals surface area contributed by atoms with Gasteiger partial charge in [0.1, 0.15) is 5.16 Å². The molecule has 1 aliphatic rings. The Labute approximate surface area is 99.4 Å². The van der Waals surface area contributed by atoms with Crippen molar-refractivity contribution in [2.75, 3.05) is 0 Å². The molecule has 0 fully saturated rings. The Hall–Kier alpha value is 0.400. The normalized spacial score (nSPS) is 28.2. The van der Waals surface area contributed by atoms with Gasteiger partial charge < -0.3 is 5.32 Å². The molecule has 0 aromatic heterocycles. The minimum absolute atomic E-state index is 0.0232. The first kappa shape index (κ1) is 11.5. The average Bonchev–Trinajstić information content (AvgIpc) is 2.01. The van der Waals surface area contributed by atoms with Crippen molar-refractivity contribution in [1.29, 1.82) is 0 Å². The Balaban J connectivity index is 3.13. The summed E-state index contributed by atoms with van der Waals surface area (Å²) >= 11 is 27.8. The first-order chi connectivity index (χ1) is 5.88. The zero-order chi connectivity index (χ0) is 10.2. The van der Waals surface area contributed by atoms with Crippen molar-refractivity contribution in [3.63, 3.8) is 0 Å². The van der Waals surface area contributed by atoms with Crippen molar-refractivity contribution in [2.45, 2.75) is 5.00 Å². The zero-order valence-electron chi connectivity index (χ0n) is 5.88. The van der Waals surface area contributed by atoms with Crippen LogP contribution in [0.1, 0.15) is 0 Å². The summed E-state index contributed by atoms with van der Waals surface area (Å²) in [6.45, 7) is 0. The summed E-state index contributed by atoms with van der Waals surface area (Å²) in [6, 6.07) is 0. The number of dihydropyridines is 1. The van der Waals surface area contributed by atoms with Crippen LogP contribution in [0.15, 0.2) is 21.3 Å². The molecule has 0 amide bonds. The summed E-state index contributed by atoms with van der Waals surface area (Å²) in [4.78, 5) is 9.19. The molecule has 0 saturated carbocycles.